The standard InChI is InChI=1S/C22H24N6O2S/c1-15-8-9-16(2)20(14-15)31(29,30)27-12-10-26(11-13-27)22-24-19-7-5-4-6-18(19)21-23-17(3)25-28(21)22/h4-9,14H,10-13H2,1-3H3. The number of benzene rings is 2. The molecule has 0 aliphatic carbocycles. The number of nitrogens with zero attached hydrogens (tertiary/aromatic N) is 6. The lowest BCUT2D eigenvalue weighted by molar-refractivity contribution is 0.381. The van der Waals surface area contributed by atoms with Gasteiger partial charge in [0.2, 0.25) is 16.0 Å². The van der Waals surface area contributed by atoms with Crippen molar-refractivity contribution in [2.75, 3.05) is 31.1 Å². The Morgan fingerprint density at radius 3 is 2.42 bits per heavy atom. The van der Waals surface area contributed by atoms with E-state index in [2.05, 4.69) is 15.0 Å². The second-order valence-electron chi connectivity index (χ2n) is 7.98. The van der Waals surface area contributed by atoms with Crippen LogP contribution in [0.15, 0.2) is 47.4 Å². The fourth-order valence-corrected chi connectivity index (χ4v) is 5.83. The van der Waals surface area contributed by atoms with Gasteiger partial charge in [-0.15, -0.1) is 5.10 Å². The molecule has 1 aliphatic rings. The van der Waals surface area contributed by atoms with Crippen molar-refractivity contribution in [2.45, 2.75) is 25.7 Å². The molecule has 5 rings (SSSR count). The number of aromatic nitrogens is 4. The van der Waals surface area contributed by atoms with Gasteiger partial charge in [0.1, 0.15) is 5.82 Å². The molecule has 0 atom stereocenters. The van der Waals surface area contributed by atoms with Crippen LogP contribution in [0.25, 0.3) is 16.6 Å². The summed E-state index contributed by atoms with van der Waals surface area (Å²) in [6.07, 6.45) is 0. The SMILES string of the molecule is Cc1ccc(C)c(S(=O)(=O)N2CCN(c3nc4ccccc4c4nc(C)nn34)CC2)c1. The Morgan fingerprint density at radius 1 is 0.903 bits per heavy atom. The van der Waals surface area contributed by atoms with Crippen molar-refractivity contribution >= 4 is 32.5 Å². The van der Waals surface area contributed by atoms with E-state index >= 15 is 0 Å². The highest BCUT2D eigenvalue weighted by Crippen LogP contribution is 2.26. The zero-order chi connectivity index (χ0) is 21.8. The number of anilines is 1. The van der Waals surface area contributed by atoms with E-state index in [-0.39, 0.29) is 0 Å². The predicted molar refractivity (Wildman–Crippen MR) is 120 cm³/mol. The van der Waals surface area contributed by atoms with E-state index in [9.17, 15) is 8.42 Å². The molecule has 9 heteroatoms. The maximum Gasteiger partial charge on any atom is 0.243 e. The molecule has 2 aromatic heterocycles. The summed E-state index contributed by atoms with van der Waals surface area (Å²) < 4.78 is 29.9. The number of hydrogen-bond donors (Lipinski definition) is 0. The minimum absolute atomic E-state index is 0.388. The highest BCUT2D eigenvalue weighted by Gasteiger charge is 2.31. The summed E-state index contributed by atoms with van der Waals surface area (Å²) in [4.78, 5) is 11.9. The lowest BCUT2D eigenvalue weighted by Gasteiger charge is -2.34. The van der Waals surface area contributed by atoms with E-state index in [1.54, 1.807) is 14.9 Å². The highest BCUT2D eigenvalue weighted by molar-refractivity contribution is 7.89. The molecule has 0 amide bonds. The van der Waals surface area contributed by atoms with Gasteiger partial charge in [-0.2, -0.15) is 8.82 Å². The molecule has 31 heavy (non-hydrogen) atoms. The molecule has 160 valence electrons. The fraction of sp³-hybridized carbons (Fsp3) is 0.318. The van der Waals surface area contributed by atoms with E-state index in [0.29, 0.717) is 42.8 Å². The molecule has 1 fully saturated rings. The first-order chi connectivity index (χ1) is 14.8. The molecule has 0 saturated carbocycles. The third-order valence-electron chi connectivity index (χ3n) is 5.75. The molecule has 2 aromatic carbocycles. The lowest BCUT2D eigenvalue weighted by Crippen LogP contribution is -2.49. The normalized spacial score (nSPS) is 15.8. The molecule has 0 N–H and O–H groups in total. The number of sulfonamides is 1. The highest BCUT2D eigenvalue weighted by atomic mass is 32.2. The molecule has 0 unspecified atom stereocenters. The molecule has 4 aromatic rings. The van der Waals surface area contributed by atoms with Gasteiger partial charge in [0, 0.05) is 31.6 Å². The van der Waals surface area contributed by atoms with Gasteiger partial charge in [-0.25, -0.2) is 18.4 Å². The topological polar surface area (TPSA) is 83.7 Å². The van der Waals surface area contributed by atoms with Crippen molar-refractivity contribution in [3.63, 3.8) is 0 Å². The van der Waals surface area contributed by atoms with Crippen LogP contribution in [-0.2, 0) is 10.0 Å². The fourth-order valence-electron chi connectivity index (χ4n) is 4.10. The molecular formula is C22H24N6O2S. The number of hydrogen-bond acceptors (Lipinski definition) is 6. The second-order valence-corrected chi connectivity index (χ2v) is 9.89. The Kier molecular flexibility index (Phi) is 4.67. The van der Waals surface area contributed by atoms with Crippen LogP contribution >= 0.6 is 0 Å². The molecule has 3 heterocycles. The first kappa shape index (κ1) is 19.9. The molecule has 1 aliphatic heterocycles. The van der Waals surface area contributed by atoms with Gasteiger partial charge >= 0.3 is 0 Å². The monoisotopic (exact) mass is 436 g/mol. The Bertz CT molecular complexity index is 1400. The third-order valence-corrected chi connectivity index (χ3v) is 7.79. The van der Waals surface area contributed by atoms with Crippen molar-refractivity contribution in [2.24, 2.45) is 0 Å². The summed E-state index contributed by atoms with van der Waals surface area (Å²) >= 11 is 0. The summed E-state index contributed by atoms with van der Waals surface area (Å²) in [5.74, 6) is 1.37. The van der Waals surface area contributed by atoms with Crippen LogP contribution in [0.5, 0.6) is 0 Å². The number of piperazine rings is 1. The molecule has 1 saturated heterocycles. The average Bonchev–Trinajstić information content (AvgIpc) is 3.16. The number of fused-ring (bicyclic) bond motifs is 3. The second kappa shape index (κ2) is 7.28. The van der Waals surface area contributed by atoms with Crippen molar-refractivity contribution in [1.29, 1.82) is 0 Å². The smallest absolute Gasteiger partial charge is 0.243 e. The van der Waals surface area contributed by atoms with Gasteiger partial charge in [0.25, 0.3) is 0 Å². The molecular weight excluding hydrogens is 412 g/mol. The van der Waals surface area contributed by atoms with Crippen LogP contribution in [0.1, 0.15) is 17.0 Å². The number of rotatable bonds is 3. The maximum absolute atomic E-state index is 13.3. The Balaban J connectivity index is 1.47. The molecule has 8 nitrogen and oxygen atoms in total. The maximum atomic E-state index is 13.3. The minimum atomic E-state index is -3.54. The van der Waals surface area contributed by atoms with Gasteiger partial charge < -0.3 is 4.90 Å². The first-order valence-electron chi connectivity index (χ1n) is 10.3. The van der Waals surface area contributed by atoms with Crippen molar-refractivity contribution in [3.05, 3.63) is 59.4 Å². The predicted octanol–water partition coefficient (Wildman–Crippen LogP) is 2.71. The van der Waals surface area contributed by atoms with Crippen LogP contribution in [0, 0.1) is 20.8 Å². The van der Waals surface area contributed by atoms with E-state index < -0.39 is 10.0 Å². The summed E-state index contributed by atoms with van der Waals surface area (Å²) in [5, 5.41) is 5.49. The summed E-state index contributed by atoms with van der Waals surface area (Å²) in [6, 6.07) is 13.4. The van der Waals surface area contributed by atoms with Crippen molar-refractivity contribution in [3.8, 4) is 0 Å². The van der Waals surface area contributed by atoms with Crippen LogP contribution < -0.4 is 4.90 Å². The van der Waals surface area contributed by atoms with E-state index in [1.165, 1.54) is 0 Å². The minimum Gasteiger partial charge on any atom is -0.338 e. The first-order valence-corrected chi connectivity index (χ1v) is 11.7. The van der Waals surface area contributed by atoms with Gasteiger partial charge in [0.05, 0.1) is 10.4 Å². The zero-order valence-corrected chi connectivity index (χ0v) is 18.6. The number of aryl methyl sites for hydroxylation is 3. The summed E-state index contributed by atoms with van der Waals surface area (Å²) in [7, 11) is -3.54. The quantitative estimate of drug-likeness (QED) is 0.491. The van der Waals surface area contributed by atoms with Gasteiger partial charge in [-0.1, -0.05) is 24.3 Å². The van der Waals surface area contributed by atoms with Crippen molar-refractivity contribution < 1.29 is 8.42 Å². The van der Waals surface area contributed by atoms with Crippen LogP contribution in [0.4, 0.5) is 5.95 Å². The summed E-state index contributed by atoms with van der Waals surface area (Å²) in [6.45, 7) is 7.45. The van der Waals surface area contributed by atoms with E-state index in [0.717, 1.165) is 27.7 Å². The van der Waals surface area contributed by atoms with Gasteiger partial charge in [-0.05, 0) is 50.1 Å². The van der Waals surface area contributed by atoms with Gasteiger partial charge in [-0.3, -0.25) is 0 Å². The largest absolute Gasteiger partial charge is 0.338 e. The van der Waals surface area contributed by atoms with Crippen molar-refractivity contribution in [1.82, 2.24) is 23.9 Å². The van der Waals surface area contributed by atoms with Gasteiger partial charge in [0.15, 0.2) is 5.65 Å². The van der Waals surface area contributed by atoms with E-state index in [1.807, 2.05) is 57.2 Å². The Morgan fingerprint density at radius 2 is 1.65 bits per heavy atom. The average molecular weight is 437 g/mol. The molecule has 0 bridgehead atoms. The third kappa shape index (κ3) is 3.34. The van der Waals surface area contributed by atoms with Crippen LogP contribution in [0.2, 0.25) is 0 Å². The molecule has 0 spiro atoms. The number of para-hydroxylation sites is 1. The van der Waals surface area contributed by atoms with Crippen LogP contribution in [0.3, 0.4) is 0 Å². The Labute approximate surface area is 181 Å². The van der Waals surface area contributed by atoms with Crippen LogP contribution in [-0.4, -0.2) is 58.5 Å². The van der Waals surface area contributed by atoms with E-state index in [4.69, 9.17) is 4.98 Å². The zero-order valence-electron chi connectivity index (χ0n) is 17.8. The Hall–Kier alpha value is -3.04. The lowest BCUT2D eigenvalue weighted by atomic mass is 10.2. The summed E-state index contributed by atoms with van der Waals surface area (Å²) in [5.41, 5.74) is 3.32. The molecule has 0 radical (unpaired) electrons.